The van der Waals surface area contributed by atoms with Crippen LogP contribution in [0.2, 0.25) is 5.15 Å². The summed E-state index contributed by atoms with van der Waals surface area (Å²) in [6, 6.07) is 0.547. The Labute approximate surface area is 77.0 Å². The van der Waals surface area contributed by atoms with Crippen LogP contribution in [0.15, 0.2) is 12.3 Å². The van der Waals surface area contributed by atoms with Crippen LogP contribution >= 0.6 is 11.6 Å². The van der Waals surface area contributed by atoms with Crippen LogP contribution in [0.5, 0.6) is 0 Å². The first kappa shape index (κ1) is 10.3. The highest BCUT2D eigenvalue weighted by molar-refractivity contribution is 6.30. The third-order valence-corrected chi connectivity index (χ3v) is 1.70. The largest absolute Gasteiger partial charge is 0.390 e. The van der Waals surface area contributed by atoms with Crippen molar-refractivity contribution in [3.05, 3.63) is 28.8 Å². The van der Waals surface area contributed by atoms with Crippen molar-refractivity contribution in [1.82, 2.24) is 4.98 Å². The number of halogens is 4. The van der Waals surface area contributed by atoms with Gasteiger partial charge in [0.05, 0.1) is 11.8 Å². The van der Waals surface area contributed by atoms with Gasteiger partial charge in [-0.3, -0.25) is 0 Å². The summed E-state index contributed by atoms with van der Waals surface area (Å²) in [5.41, 5.74) is -0.809. The van der Waals surface area contributed by atoms with Crippen LogP contribution < -0.4 is 0 Å². The molecule has 0 unspecified atom stereocenters. The Morgan fingerprint density at radius 1 is 1.54 bits per heavy atom. The van der Waals surface area contributed by atoms with E-state index in [1.165, 1.54) is 0 Å². The standard InChI is InChI=1S/C7H5ClF3NO/c8-6-5(7(10,11)3-13)1-4(9)2-12-6/h1-2,13H,3H2. The average Bonchev–Trinajstić information content (AvgIpc) is 2.09. The van der Waals surface area contributed by atoms with Crippen molar-refractivity contribution in [2.24, 2.45) is 0 Å². The molecule has 13 heavy (non-hydrogen) atoms. The Bertz CT molecular complexity index is 319. The molecule has 6 heteroatoms. The molecule has 1 aromatic rings. The third-order valence-electron chi connectivity index (χ3n) is 1.40. The van der Waals surface area contributed by atoms with Crippen molar-refractivity contribution in [3.63, 3.8) is 0 Å². The van der Waals surface area contributed by atoms with Crippen LogP contribution in [0.4, 0.5) is 13.2 Å². The van der Waals surface area contributed by atoms with Gasteiger partial charge in [-0.15, -0.1) is 0 Å². The maximum Gasteiger partial charge on any atom is 0.298 e. The number of hydrogen-bond donors (Lipinski definition) is 1. The molecule has 1 heterocycles. The van der Waals surface area contributed by atoms with Crippen molar-refractivity contribution in [2.75, 3.05) is 6.61 Å². The van der Waals surface area contributed by atoms with Crippen LogP contribution in [0.3, 0.4) is 0 Å². The summed E-state index contributed by atoms with van der Waals surface area (Å²) in [6.07, 6.45) is 0.722. The fourth-order valence-electron chi connectivity index (χ4n) is 0.764. The molecular formula is C7H5ClF3NO. The predicted octanol–water partition coefficient (Wildman–Crippen LogP) is 1.96. The van der Waals surface area contributed by atoms with Gasteiger partial charge in [-0.05, 0) is 6.07 Å². The van der Waals surface area contributed by atoms with Crippen LogP contribution in [0.1, 0.15) is 5.56 Å². The molecule has 1 rings (SSSR count). The lowest BCUT2D eigenvalue weighted by Crippen LogP contribution is -2.19. The number of alkyl halides is 2. The molecule has 0 aliphatic carbocycles. The summed E-state index contributed by atoms with van der Waals surface area (Å²) < 4.78 is 38.0. The smallest absolute Gasteiger partial charge is 0.298 e. The Balaban J connectivity index is 3.20. The number of aromatic nitrogens is 1. The lowest BCUT2D eigenvalue weighted by molar-refractivity contribution is -0.0560. The Morgan fingerprint density at radius 3 is 2.69 bits per heavy atom. The number of nitrogens with zero attached hydrogens (tertiary/aromatic N) is 1. The molecular weight excluding hydrogens is 207 g/mol. The Kier molecular flexibility index (Phi) is 2.77. The number of hydrogen-bond acceptors (Lipinski definition) is 2. The van der Waals surface area contributed by atoms with Crippen LogP contribution in [0.25, 0.3) is 0 Å². The first-order valence-electron chi connectivity index (χ1n) is 3.27. The van der Waals surface area contributed by atoms with Crippen molar-refractivity contribution >= 4 is 11.6 Å². The molecule has 0 aliphatic heterocycles. The summed E-state index contributed by atoms with van der Waals surface area (Å²) in [4.78, 5) is 3.19. The van der Waals surface area contributed by atoms with Gasteiger partial charge < -0.3 is 5.11 Å². The summed E-state index contributed by atoms with van der Waals surface area (Å²) in [5, 5.41) is 7.79. The van der Waals surface area contributed by atoms with Crippen molar-refractivity contribution in [1.29, 1.82) is 0 Å². The second-order valence-electron chi connectivity index (χ2n) is 2.35. The Morgan fingerprint density at radius 2 is 2.15 bits per heavy atom. The molecule has 0 saturated carbocycles. The summed E-state index contributed by atoms with van der Waals surface area (Å²) in [5.74, 6) is -4.49. The highest BCUT2D eigenvalue weighted by Crippen LogP contribution is 2.31. The average molecular weight is 212 g/mol. The van der Waals surface area contributed by atoms with E-state index in [1.807, 2.05) is 0 Å². The van der Waals surface area contributed by atoms with Gasteiger partial charge in [-0.25, -0.2) is 9.37 Å². The lowest BCUT2D eigenvalue weighted by atomic mass is 10.1. The number of aliphatic hydroxyl groups excluding tert-OH is 1. The second kappa shape index (κ2) is 3.51. The molecule has 0 aliphatic rings. The number of pyridine rings is 1. The minimum absolute atomic E-state index is 0.513. The zero-order valence-electron chi connectivity index (χ0n) is 6.27. The molecule has 0 spiro atoms. The summed E-state index contributed by atoms with van der Waals surface area (Å²) in [7, 11) is 0. The SMILES string of the molecule is OCC(F)(F)c1cc(F)cnc1Cl. The minimum Gasteiger partial charge on any atom is -0.390 e. The number of rotatable bonds is 2. The van der Waals surface area contributed by atoms with Crippen LogP contribution in [-0.4, -0.2) is 16.7 Å². The van der Waals surface area contributed by atoms with Gasteiger partial charge in [0.1, 0.15) is 17.6 Å². The van der Waals surface area contributed by atoms with Crippen LogP contribution in [0, 0.1) is 5.82 Å². The van der Waals surface area contributed by atoms with Crippen molar-refractivity contribution in [2.45, 2.75) is 5.92 Å². The van der Waals surface area contributed by atoms with E-state index < -0.39 is 29.1 Å². The van der Waals surface area contributed by atoms with E-state index >= 15 is 0 Å². The molecule has 72 valence electrons. The van der Waals surface area contributed by atoms with Gasteiger partial charge in [0.2, 0.25) is 0 Å². The Hall–Kier alpha value is -0.810. The van der Waals surface area contributed by atoms with E-state index in [0.29, 0.717) is 6.07 Å². The fourth-order valence-corrected chi connectivity index (χ4v) is 1.01. The van der Waals surface area contributed by atoms with Crippen molar-refractivity contribution in [3.8, 4) is 0 Å². The lowest BCUT2D eigenvalue weighted by Gasteiger charge is -2.13. The first-order valence-corrected chi connectivity index (χ1v) is 3.65. The molecule has 0 amide bonds. The van der Waals surface area contributed by atoms with Gasteiger partial charge in [0.25, 0.3) is 5.92 Å². The third kappa shape index (κ3) is 2.10. The van der Waals surface area contributed by atoms with Gasteiger partial charge in [0, 0.05) is 0 Å². The monoisotopic (exact) mass is 211 g/mol. The van der Waals surface area contributed by atoms with E-state index in [1.54, 1.807) is 0 Å². The second-order valence-corrected chi connectivity index (χ2v) is 2.71. The fraction of sp³-hybridized carbons (Fsp3) is 0.286. The van der Waals surface area contributed by atoms with Gasteiger partial charge in [-0.2, -0.15) is 8.78 Å². The van der Waals surface area contributed by atoms with E-state index in [9.17, 15) is 13.2 Å². The summed E-state index contributed by atoms with van der Waals surface area (Å²) in [6.45, 7) is -1.43. The maximum atomic E-state index is 12.8. The molecule has 1 N–H and O–H groups in total. The normalized spacial score (nSPS) is 11.8. The quantitative estimate of drug-likeness (QED) is 0.759. The minimum atomic E-state index is -3.56. The van der Waals surface area contributed by atoms with E-state index in [-0.39, 0.29) is 0 Å². The molecule has 0 saturated heterocycles. The van der Waals surface area contributed by atoms with Gasteiger partial charge in [-0.1, -0.05) is 11.6 Å². The molecule has 0 radical (unpaired) electrons. The van der Waals surface area contributed by atoms with E-state index in [2.05, 4.69) is 4.98 Å². The molecule has 0 fully saturated rings. The highest BCUT2D eigenvalue weighted by Gasteiger charge is 2.33. The zero-order valence-corrected chi connectivity index (χ0v) is 7.02. The number of aliphatic hydroxyl groups is 1. The molecule has 2 nitrogen and oxygen atoms in total. The van der Waals surface area contributed by atoms with Gasteiger partial charge in [0.15, 0.2) is 0 Å². The topological polar surface area (TPSA) is 33.1 Å². The van der Waals surface area contributed by atoms with Crippen LogP contribution in [-0.2, 0) is 5.92 Å². The first-order chi connectivity index (χ1) is 5.97. The summed E-state index contributed by atoms with van der Waals surface area (Å²) >= 11 is 5.29. The molecule has 1 aromatic heterocycles. The van der Waals surface area contributed by atoms with Gasteiger partial charge >= 0.3 is 0 Å². The molecule has 0 atom stereocenters. The van der Waals surface area contributed by atoms with Crippen molar-refractivity contribution < 1.29 is 18.3 Å². The predicted molar refractivity (Wildman–Crippen MR) is 40.2 cm³/mol. The highest BCUT2D eigenvalue weighted by atomic mass is 35.5. The zero-order chi connectivity index (χ0) is 10.1. The maximum absolute atomic E-state index is 12.8. The van der Waals surface area contributed by atoms with E-state index in [4.69, 9.17) is 16.7 Å². The molecule has 0 bridgehead atoms. The molecule has 0 aromatic carbocycles. The van der Waals surface area contributed by atoms with E-state index in [0.717, 1.165) is 6.20 Å².